The van der Waals surface area contributed by atoms with E-state index in [0.717, 1.165) is 6.42 Å². The summed E-state index contributed by atoms with van der Waals surface area (Å²) in [6.07, 6.45) is 2.86. The minimum atomic E-state index is 0.0818. The number of fused-ring (bicyclic) bond motifs is 2. The molecule has 0 bridgehead atoms. The molecule has 0 saturated carbocycles. The van der Waals surface area contributed by atoms with Gasteiger partial charge in [-0.15, -0.1) is 0 Å². The number of pyridine rings is 1. The number of hydrogen-bond donors (Lipinski definition) is 0. The van der Waals surface area contributed by atoms with Gasteiger partial charge in [0.05, 0.1) is 0 Å². The van der Waals surface area contributed by atoms with Crippen LogP contribution in [0, 0.1) is 0 Å². The van der Waals surface area contributed by atoms with Gasteiger partial charge < -0.3 is 0 Å². The van der Waals surface area contributed by atoms with E-state index < -0.39 is 0 Å². The van der Waals surface area contributed by atoms with Crippen LogP contribution < -0.4 is 0 Å². The molecule has 1 aromatic heterocycles. The fourth-order valence-corrected chi connectivity index (χ4v) is 2.76. The van der Waals surface area contributed by atoms with Gasteiger partial charge in [0.2, 0.25) is 0 Å². The average molecular weight is 209 g/mol. The molecule has 0 fully saturated rings. The number of hydrogen-bond acceptors (Lipinski definition) is 1. The third-order valence-corrected chi connectivity index (χ3v) is 3.61. The minimum Gasteiger partial charge on any atom is -0.261 e. The fourth-order valence-electron chi connectivity index (χ4n) is 2.76. The van der Waals surface area contributed by atoms with Crippen molar-refractivity contribution in [2.45, 2.75) is 25.7 Å². The van der Waals surface area contributed by atoms with Crippen LogP contribution in [0.15, 0.2) is 42.6 Å². The highest BCUT2D eigenvalue weighted by molar-refractivity contribution is 5.50. The normalized spacial score (nSPS) is 16.4. The Labute approximate surface area is 96.2 Å². The molecular formula is C15H15N. The van der Waals surface area contributed by atoms with Crippen LogP contribution in [-0.2, 0) is 11.8 Å². The Balaban J connectivity index is 2.28. The summed E-state index contributed by atoms with van der Waals surface area (Å²) >= 11 is 0. The zero-order valence-corrected chi connectivity index (χ0v) is 9.70. The lowest BCUT2D eigenvalue weighted by Gasteiger charge is -2.34. The zero-order valence-electron chi connectivity index (χ0n) is 9.70. The number of aromatic nitrogens is 1. The summed E-state index contributed by atoms with van der Waals surface area (Å²) in [4.78, 5) is 4.51. The second kappa shape index (κ2) is 3.18. The van der Waals surface area contributed by atoms with E-state index in [4.69, 9.17) is 0 Å². The van der Waals surface area contributed by atoms with Crippen LogP contribution >= 0.6 is 0 Å². The van der Waals surface area contributed by atoms with Crippen LogP contribution in [0.4, 0.5) is 0 Å². The van der Waals surface area contributed by atoms with Gasteiger partial charge in [0.1, 0.15) is 0 Å². The molecular weight excluding hydrogens is 194 g/mol. The summed E-state index contributed by atoms with van der Waals surface area (Å²) in [5.74, 6) is 0. The largest absolute Gasteiger partial charge is 0.261 e. The molecule has 1 heterocycles. The van der Waals surface area contributed by atoms with Crippen molar-refractivity contribution in [1.29, 1.82) is 0 Å². The second-order valence-corrected chi connectivity index (χ2v) is 4.96. The van der Waals surface area contributed by atoms with Crippen molar-refractivity contribution in [2.24, 2.45) is 0 Å². The molecule has 0 aliphatic heterocycles. The highest BCUT2D eigenvalue weighted by Crippen LogP contribution is 2.39. The number of nitrogens with zero attached hydrogens (tertiary/aromatic N) is 1. The van der Waals surface area contributed by atoms with E-state index in [0.29, 0.717) is 0 Å². The SMILES string of the molecule is CC1(C)c2ccccc2Cc2ncccc21. The van der Waals surface area contributed by atoms with Crippen LogP contribution in [0.2, 0.25) is 0 Å². The van der Waals surface area contributed by atoms with Crippen molar-refractivity contribution in [1.82, 2.24) is 4.98 Å². The molecule has 0 amide bonds. The van der Waals surface area contributed by atoms with E-state index in [2.05, 4.69) is 49.2 Å². The maximum Gasteiger partial charge on any atom is 0.0488 e. The predicted molar refractivity (Wildman–Crippen MR) is 65.6 cm³/mol. The lowest BCUT2D eigenvalue weighted by Crippen LogP contribution is -2.27. The van der Waals surface area contributed by atoms with Crippen LogP contribution in [0.1, 0.15) is 36.2 Å². The quantitative estimate of drug-likeness (QED) is 0.648. The first-order valence-corrected chi connectivity index (χ1v) is 5.72. The second-order valence-electron chi connectivity index (χ2n) is 4.96. The van der Waals surface area contributed by atoms with Crippen molar-refractivity contribution in [3.63, 3.8) is 0 Å². The first kappa shape index (κ1) is 9.59. The Morgan fingerprint density at radius 2 is 1.75 bits per heavy atom. The van der Waals surface area contributed by atoms with E-state index in [1.807, 2.05) is 12.3 Å². The third-order valence-electron chi connectivity index (χ3n) is 3.61. The van der Waals surface area contributed by atoms with E-state index >= 15 is 0 Å². The Hall–Kier alpha value is -1.63. The fraction of sp³-hybridized carbons (Fsp3) is 0.267. The molecule has 3 rings (SSSR count). The first-order valence-electron chi connectivity index (χ1n) is 5.72. The van der Waals surface area contributed by atoms with Crippen molar-refractivity contribution < 1.29 is 0 Å². The highest BCUT2D eigenvalue weighted by atomic mass is 14.7. The van der Waals surface area contributed by atoms with Gasteiger partial charge in [-0.2, -0.15) is 0 Å². The molecule has 1 heteroatoms. The summed E-state index contributed by atoms with van der Waals surface area (Å²) < 4.78 is 0. The lowest BCUT2D eigenvalue weighted by molar-refractivity contribution is 0.603. The summed E-state index contributed by atoms with van der Waals surface area (Å²) in [6.45, 7) is 4.57. The van der Waals surface area contributed by atoms with E-state index in [9.17, 15) is 0 Å². The predicted octanol–water partition coefficient (Wildman–Crippen LogP) is 3.31. The van der Waals surface area contributed by atoms with Crippen molar-refractivity contribution >= 4 is 0 Å². The molecule has 1 nitrogen and oxygen atoms in total. The van der Waals surface area contributed by atoms with Crippen molar-refractivity contribution in [2.75, 3.05) is 0 Å². The Kier molecular flexibility index (Phi) is 1.90. The molecule has 0 saturated heterocycles. The van der Waals surface area contributed by atoms with Crippen LogP contribution in [0.5, 0.6) is 0 Å². The van der Waals surface area contributed by atoms with Gasteiger partial charge in [-0.05, 0) is 22.8 Å². The standard InChI is InChI=1S/C15H15N/c1-15(2)12-7-4-3-6-11(12)10-14-13(15)8-5-9-16-14/h3-9H,10H2,1-2H3. The van der Waals surface area contributed by atoms with Gasteiger partial charge in [0.25, 0.3) is 0 Å². The molecule has 0 atom stereocenters. The maximum absolute atomic E-state index is 4.51. The summed E-state index contributed by atoms with van der Waals surface area (Å²) in [6, 6.07) is 12.9. The number of benzene rings is 1. The molecule has 0 spiro atoms. The Bertz CT molecular complexity index is 493. The number of rotatable bonds is 0. The minimum absolute atomic E-state index is 0.0818. The topological polar surface area (TPSA) is 12.9 Å². The third kappa shape index (κ3) is 1.21. The van der Waals surface area contributed by atoms with Gasteiger partial charge in [0.15, 0.2) is 0 Å². The monoisotopic (exact) mass is 209 g/mol. The molecule has 1 aromatic carbocycles. The van der Waals surface area contributed by atoms with Crippen LogP contribution in [0.3, 0.4) is 0 Å². The molecule has 0 radical (unpaired) electrons. The summed E-state index contributed by atoms with van der Waals surface area (Å²) in [5, 5.41) is 0. The maximum atomic E-state index is 4.51. The Morgan fingerprint density at radius 3 is 2.62 bits per heavy atom. The van der Waals surface area contributed by atoms with Crippen LogP contribution in [0.25, 0.3) is 0 Å². The molecule has 1 aliphatic carbocycles. The van der Waals surface area contributed by atoms with E-state index in [1.54, 1.807) is 0 Å². The van der Waals surface area contributed by atoms with Crippen LogP contribution in [-0.4, -0.2) is 4.98 Å². The van der Waals surface area contributed by atoms with Crippen molar-refractivity contribution in [3.8, 4) is 0 Å². The highest BCUT2D eigenvalue weighted by Gasteiger charge is 2.32. The molecule has 2 aromatic rings. The van der Waals surface area contributed by atoms with Gasteiger partial charge in [0, 0.05) is 23.7 Å². The van der Waals surface area contributed by atoms with E-state index in [1.165, 1.54) is 22.4 Å². The van der Waals surface area contributed by atoms with Gasteiger partial charge in [-0.1, -0.05) is 44.2 Å². The smallest absolute Gasteiger partial charge is 0.0488 e. The van der Waals surface area contributed by atoms with Crippen molar-refractivity contribution in [3.05, 3.63) is 65.0 Å². The summed E-state index contributed by atoms with van der Waals surface area (Å²) in [7, 11) is 0. The molecule has 80 valence electrons. The summed E-state index contributed by atoms with van der Waals surface area (Å²) in [5.41, 5.74) is 5.53. The average Bonchev–Trinajstić information content (AvgIpc) is 2.29. The molecule has 1 aliphatic rings. The van der Waals surface area contributed by atoms with Gasteiger partial charge >= 0.3 is 0 Å². The first-order chi connectivity index (χ1) is 7.69. The Morgan fingerprint density at radius 1 is 1.00 bits per heavy atom. The van der Waals surface area contributed by atoms with Gasteiger partial charge in [-0.3, -0.25) is 4.98 Å². The zero-order chi connectivity index (χ0) is 11.2. The van der Waals surface area contributed by atoms with Gasteiger partial charge in [-0.25, -0.2) is 0 Å². The van der Waals surface area contributed by atoms with E-state index in [-0.39, 0.29) is 5.41 Å². The lowest BCUT2D eigenvalue weighted by atomic mass is 9.70. The molecule has 0 unspecified atom stereocenters. The molecule has 0 N–H and O–H groups in total. The molecule has 16 heavy (non-hydrogen) atoms.